The summed E-state index contributed by atoms with van der Waals surface area (Å²) in [5, 5.41) is 0. The van der Waals surface area contributed by atoms with Crippen molar-refractivity contribution >= 4 is 21.6 Å². The highest BCUT2D eigenvalue weighted by Crippen LogP contribution is 2.18. The molecule has 21 heavy (non-hydrogen) atoms. The van der Waals surface area contributed by atoms with Gasteiger partial charge < -0.3 is 10.6 Å². The minimum atomic E-state index is -3.42. The van der Waals surface area contributed by atoms with Gasteiger partial charge in [0.25, 0.3) is 0 Å². The second-order valence-electron chi connectivity index (χ2n) is 5.21. The fraction of sp³-hybridized carbons (Fsp3) is 0.500. The van der Waals surface area contributed by atoms with Crippen LogP contribution in [0.3, 0.4) is 0 Å². The Morgan fingerprint density at radius 2 is 1.90 bits per heavy atom. The van der Waals surface area contributed by atoms with Crippen LogP contribution < -0.4 is 5.73 Å². The molecule has 0 spiro atoms. The second kappa shape index (κ2) is 6.44. The zero-order chi connectivity index (χ0) is 15.5. The molecule has 1 amide bonds. The third-order valence-electron chi connectivity index (χ3n) is 3.69. The van der Waals surface area contributed by atoms with Crippen LogP contribution in [0.4, 0.5) is 5.69 Å². The minimum absolute atomic E-state index is 0.0125. The topological polar surface area (TPSA) is 83.7 Å². The van der Waals surface area contributed by atoms with Gasteiger partial charge in [-0.1, -0.05) is 18.2 Å². The Morgan fingerprint density at radius 3 is 2.57 bits per heavy atom. The lowest BCUT2D eigenvalue weighted by Crippen LogP contribution is -2.37. The number of hydrogen-bond donors (Lipinski definition) is 1. The van der Waals surface area contributed by atoms with E-state index >= 15 is 0 Å². The number of nitrogens with two attached hydrogens (primary N) is 1. The summed E-state index contributed by atoms with van der Waals surface area (Å²) in [5.41, 5.74) is 6.92. The minimum Gasteiger partial charge on any atom is -0.398 e. The molecule has 7 heteroatoms. The van der Waals surface area contributed by atoms with Gasteiger partial charge in [-0.15, -0.1) is 0 Å². The van der Waals surface area contributed by atoms with Crippen molar-refractivity contribution in [2.75, 3.05) is 31.9 Å². The van der Waals surface area contributed by atoms with E-state index in [2.05, 4.69) is 0 Å². The first-order chi connectivity index (χ1) is 9.90. The molecule has 0 atom stereocenters. The van der Waals surface area contributed by atoms with Crippen molar-refractivity contribution in [3.05, 3.63) is 29.8 Å². The van der Waals surface area contributed by atoms with Crippen LogP contribution in [-0.2, 0) is 20.6 Å². The van der Waals surface area contributed by atoms with E-state index in [1.54, 1.807) is 29.2 Å². The van der Waals surface area contributed by atoms with Crippen LogP contribution in [0.5, 0.6) is 0 Å². The number of carbonyl (C=O) groups excluding carboxylic acids is 1. The molecule has 1 fully saturated rings. The van der Waals surface area contributed by atoms with Crippen LogP contribution in [0.2, 0.25) is 0 Å². The third-order valence-corrected chi connectivity index (χ3v) is 5.51. The fourth-order valence-electron chi connectivity index (χ4n) is 2.44. The lowest BCUT2D eigenvalue weighted by atomic mass is 10.2. The predicted octanol–water partition coefficient (Wildman–Crippen LogP) is 0.653. The van der Waals surface area contributed by atoms with Gasteiger partial charge in [0.1, 0.15) is 0 Å². The second-order valence-corrected chi connectivity index (χ2v) is 7.18. The number of benzene rings is 1. The number of sulfonamides is 1. The van der Waals surface area contributed by atoms with Crippen LogP contribution in [0.1, 0.15) is 18.9 Å². The van der Waals surface area contributed by atoms with E-state index in [1.807, 2.05) is 0 Å². The summed E-state index contributed by atoms with van der Waals surface area (Å²) < 4.78 is 26.5. The number of anilines is 1. The lowest BCUT2D eigenvalue weighted by Gasteiger charge is -2.21. The van der Waals surface area contributed by atoms with Crippen molar-refractivity contribution in [2.45, 2.75) is 19.1 Å². The number of carbonyl (C=O) groups is 1. The predicted molar refractivity (Wildman–Crippen MR) is 81.9 cm³/mol. The molecule has 1 aliphatic rings. The smallest absolute Gasteiger partial charge is 0.219 e. The summed E-state index contributed by atoms with van der Waals surface area (Å²) in [5.74, 6) is -0.110. The number of nitrogen functional groups attached to an aromatic ring is 1. The van der Waals surface area contributed by atoms with Gasteiger partial charge in [-0.2, -0.15) is 4.31 Å². The van der Waals surface area contributed by atoms with Crippen molar-refractivity contribution in [3.8, 4) is 0 Å². The van der Waals surface area contributed by atoms with Crippen LogP contribution in [0.15, 0.2) is 24.3 Å². The Morgan fingerprint density at radius 1 is 1.19 bits per heavy atom. The van der Waals surface area contributed by atoms with Gasteiger partial charge in [-0.3, -0.25) is 4.79 Å². The van der Waals surface area contributed by atoms with Crippen LogP contribution in [0.25, 0.3) is 0 Å². The molecule has 1 aliphatic heterocycles. The summed E-state index contributed by atoms with van der Waals surface area (Å²) >= 11 is 0. The first-order valence-electron chi connectivity index (χ1n) is 6.97. The van der Waals surface area contributed by atoms with Crippen LogP contribution in [0, 0.1) is 0 Å². The molecule has 1 aromatic carbocycles. The van der Waals surface area contributed by atoms with Gasteiger partial charge in [0.15, 0.2) is 0 Å². The zero-order valence-corrected chi connectivity index (χ0v) is 13.0. The van der Waals surface area contributed by atoms with E-state index < -0.39 is 10.0 Å². The van der Waals surface area contributed by atoms with Gasteiger partial charge in [-0.25, -0.2) is 8.42 Å². The molecule has 0 radical (unpaired) electrons. The Hall–Kier alpha value is -1.60. The lowest BCUT2D eigenvalue weighted by molar-refractivity contribution is -0.128. The van der Waals surface area contributed by atoms with Gasteiger partial charge >= 0.3 is 0 Å². The summed E-state index contributed by atoms with van der Waals surface area (Å²) in [7, 11) is -3.42. The SMILES string of the molecule is CC(=O)N1CCCN(S(=O)(=O)Cc2ccccc2N)CC1. The van der Waals surface area contributed by atoms with Crippen molar-refractivity contribution in [1.29, 1.82) is 0 Å². The monoisotopic (exact) mass is 311 g/mol. The van der Waals surface area contributed by atoms with Crippen LogP contribution >= 0.6 is 0 Å². The maximum Gasteiger partial charge on any atom is 0.219 e. The molecule has 116 valence electrons. The average Bonchev–Trinajstić information content (AvgIpc) is 2.67. The fourth-order valence-corrected chi connectivity index (χ4v) is 4.05. The molecule has 0 unspecified atom stereocenters. The molecule has 0 bridgehead atoms. The summed E-state index contributed by atoms with van der Waals surface area (Å²) in [6, 6.07) is 6.99. The van der Waals surface area contributed by atoms with Crippen molar-refractivity contribution in [2.24, 2.45) is 0 Å². The van der Waals surface area contributed by atoms with Crippen molar-refractivity contribution in [3.63, 3.8) is 0 Å². The highest BCUT2D eigenvalue weighted by atomic mass is 32.2. The molecule has 1 aromatic rings. The third kappa shape index (κ3) is 3.95. The molecule has 2 rings (SSSR count). The molecule has 1 heterocycles. The molecule has 0 aliphatic carbocycles. The van der Waals surface area contributed by atoms with Gasteiger partial charge in [-0.05, 0) is 18.1 Å². The Labute approximate surface area is 125 Å². The largest absolute Gasteiger partial charge is 0.398 e. The van der Waals surface area contributed by atoms with E-state index in [9.17, 15) is 13.2 Å². The highest BCUT2D eigenvalue weighted by molar-refractivity contribution is 7.88. The van der Waals surface area contributed by atoms with Gasteiger partial charge in [0.2, 0.25) is 15.9 Å². The van der Waals surface area contributed by atoms with Gasteiger partial charge in [0, 0.05) is 38.8 Å². The van der Waals surface area contributed by atoms with Crippen molar-refractivity contribution in [1.82, 2.24) is 9.21 Å². The summed E-state index contributed by atoms with van der Waals surface area (Å²) in [6.07, 6.45) is 0.656. The zero-order valence-electron chi connectivity index (χ0n) is 12.2. The van der Waals surface area contributed by atoms with E-state index in [1.165, 1.54) is 11.2 Å². The van der Waals surface area contributed by atoms with Crippen LogP contribution in [-0.4, -0.2) is 49.7 Å². The standard InChI is InChI=1S/C14H21N3O3S/c1-12(18)16-7-4-8-17(10-9-16)21(19,20)11-13-5-2-3-6-14(13)15/h2-3,5-6H,4,7-11,15H2,1H3. The van der Waals surface area contributed by atoms with E-state index in [0.29, 0.717) is 43.9 Å². The van der Waals surface area contributed by atoms with E-state index in [-0.39, 0.29) is 11.7 Å². The molecular weight excluding hydrogens is 290 g/mol. The highest BCUT2D eigenvalue weighted by Gasteiger charge is 2.26. The summed E-state index contributed by atoms with van der Waals surface area (Å²) in [4.78, 5) is 13.1. The number of hydrogen-bond acceptors (Lipinski definition) is 4. The normalized spacial score (nSPS) is 17.5. The molecule has 1 saturated heterocycles. The number of amides is 1. The molecular formula is C14H21N3O3S. The first kappa shape index (κ1) is 15.8. The number of rotatable bonds is 3. The molecule has 0 saturated carbocycles. The molecule has 0 aromatic heterocycles. The Bertz CT molecular complexity index is 616. The maximum atomic E-state index is 12.5. The first-order valence-corrected chi connectivity index (χ1v) is 8.58. The number of para-hydroxylation sites is 1. The van der Waals surface area contributed by atoms with E-state index in [0.717, 1.165) is 0 Å². The quantitative estimate of drug-likeness (QED) is 0.831. The van der Waals surface area contributed by atoms with E-state index in [4.69, 9.17) is 5.73 Å². The summed E-state index contributed by atoms with van der Waals surface area (Å²) in [6.45, 7) is 3.34. The Balaban J connectivity index is 2.09. The molecule has 2 N–H and O–H groups in total. The number of nitrogens with zero attached hydrogens (tertiary/aromatic N) is 2. The molecule has 6 nitrogen and oxygen atoms in total. The van der Waals surface area contributed by atoms with Crippen molar-refractivity contribution < 1.29 is 13.2 Å². The Kier molecular flexibility index (Phi) is 4.84. The van der Waals surface area contributed by atoms with Gasteiger partial charge in [0.05, 0.1) is 5.75 Å². The average molecular weight is 311 g/mol. The maximum absolute atomic E-state index is 12.5.